The third-order valence-electron chi connectivity index (χ3n) is 3.88. The monoisotopic (exact) mass is 402 g/mol. The van der Waals surface area contributed by atoms with Crippen LogP contribution in [-0.4, -0.2) is 26.9 Å². The summed E-state index contributed by atoms with van der Waals surface area (Å²) in [6, 6.07) is 0.0215. The summed E-state index contributed by atoms with van der Waals surface area (Å²) in [5.74, 6) is -1.25. The molecule has 2 aromatic heterocycles. The maximum Gasteiger partial charge on any atom is 0.248 e. The first-order valence-corrected chi connectivity index (χ1v) is 9.46. The van der Waals surface area contributed by atoms with Crippen molar-refractivity contribution >= 4 is 33.1 Å². The van der Waals surface area contributed by atoms with Gasteiger partial charge < -0.3 is 5.32 Å². The second-order valence-corrected chi connectivity index (χ2v) is 7.19. The van der Waals surface area contributed by atoms with E-state index in [-0.39, 0.29) is 18.9 Å². The molecule has 0 saturated heterocycles. The molecule has 4 nitrogen and oxygen atoms in total. The number of rotatable bonds is 4. The van der Waals surface area contributed by atoms with Gasteiger partial charge in [-0.3, -0.25) is 0 Å². The van der Waals surface area contributed by atoms with Crippen LogP contribution in [0.15, 0.2) is 11.6 Å². The van der Waals surface area contributed by atoms with E-state index in [2.05, 4.69) is 36.2 Å². The van der Waals surface area contributed by atoms with E-state index in [1.54, 1.807) is 6.20 Å². The first kappa shape index (κ1) is 16.7. The molecule has 1 saturated carbocycles. The zero-order valence-electron chi connectivity index (χ0n) is 12.7. The van der Waals surface area contributed by atoms with Crippen molar-refractivity contribution in [2.24, 2.45) is 0 Å². The predicted molar refractivity (Wildman–Crippen MR) is 91.3 cm³/mol. The number of nitrogens with zero attached hydrogens (tertiary/aromatic N) is 3. The Hall–Kier alpha value is -1.15. The van der Waals surface area contributed by atoms with Crippen LogP contribution in [0.4, 0.5) is 14.6 Å². The molecule has 1 N–H and O–H groups in total. The summed E-state index contributed by atoms with van der Waals surface area (Å²) >= 11 is 4.92. The first-order valence-electron chi connectivity index (χ1n) is 7.45. The van der Waals surface area contributed by atoms with Crippen LogP contribution in [0.1, 0.15) is 36.9 Å². The third kappa shape index (κ3) is 4.03. The van der Waals surface area contributed by atoms with Crippen LogP contribution in [-0.2, 0) is 5.33 Å². The lowest BCUT2D eigenvalue weighted by Crippen LogP contribution is -2.32. The third-order valence-corrected chi connectivity index (χ3v) is 5.44. The van der Waals surface area contributed by atoms with Crippen molar-refractivity contribution in [3.63, 3.8) is 0 Å². The average molecular weight is 403 g/mol. The van der Waals surface area contributed by atoms with Crippen LogP contribution in [0.3, 0.4) is 0 Å². The van der Waals surface area contributed by atoms with E-state index >= 15 is 0 Å². The molecule has 2 aromatic rings. The van der Waals surface area contributed by atoms with E-state index in [1.807, 2.05) is 12.3 Å². The second kappa shape index (κ2) is 6.76. The topological polar surface area (TPSA) is 50.7 Å². The Morgan fingerprint density at radius 1 is 1.35 bits per heavy atom. The lowest BCUT2D eigenvalue weighted by molar-refractivity contribution is -0.0361. The summed E-state index contributed by atoms with van der Waals surface area (Å²) in [4.78, 5) is 13.3. The molecule has 0 radical (unpaired) electrons. The number of nitrogens with one attached hydrogen (secondary N) is 1. The number of anilines is 1. The Morgan fingerprint density at radius 3 is 2.70 bits per heavy atom. The zero-order chi connectivity index (χ0) is 16.4. The van der Waals surface area contributed by atoms with Crippen molar-refractivity contribution in [2.75, 3.05) is 5.32 Å². The van der Waals surface area contributed by atoms with Crippen molar-refractivity contribution in [2.45, 2.75) is 49.9 Å². The number of aromatic nitrogens is 3. The van der Waals surface area contributed by atoms with E-state index in [0.717, 1.165) is 16.3 Å². The van der Waals surface area contributed by atoms with Crippen LogP contribution in [0.5, 0.6) is 0 Å². The SMILES string of the molecule is Cc1csc(-c2ncc(CBr)c(NC3CCC(F)(F)CC3)n2)n1. The molecule has 0 aromatic carbocycles. The van der Waals surface area contributed by atoms with E-state index in [4.69, 9.17) is 0 Å². The molecule has 8 heteroatoms. The maximum atomic E-state index is 13.3. The minimum absolute atomic E-state index is 0.0215. The van der Waals surface area contributed by atoms with Gasteiger partial charge in [-0.05, 0) is 19.8 Å². The summed E-state index contributed by atoms with van der Waals surface area (Å²) in [5, 5.41) is 6.64. The number of hydrogen-bond acceptors (Lipinski definition) is 5. The molecule has 0 unspecified atom stereocenters. The number of alkyl halides is 3. The molecule has 23 heavy (non-hydrogen) atoms. The van der Waals surface area contributed by atoms with Crippen molar-refractivity contribution in [3.8, 4) is 10.8 Å². The molecule has 3 rings (SSSR count). The van der Waals surface area contributed by atoms with Crippen molar-refractivity contribution < 1.29 is 8.78 Å². The van der Waals surface area contributed by atoms with Gasteiger partial charge in [-0.15, -0.1) is 11.3 Å². The van der Waals surface area contributed by atoms with Gasteiger partial charge in [0, 0.05) is 47.0 Å². The Morgan fingerprint density at radius 2 is 2.09 bits per heavy atom. The minimum Gasteiger partial charge on any atom is -0.367 e. The van der Waals surface area contributed by atoms with Crippen LogP contribution in [0, 0.1) is 6.92 Å². The summed E-state index contributed by atoms with van der Waals surface area (Å²) in [7, 11) is 0. The molecule has 0 atom stereocenters. The average Bonchev–Trinajstić information content (AvgIpc) is 2.96. The Labute approximate surface area is 145 Å². The smallest absolute Gasteiger partial charge is 0.248 e. The fraction of sp³-hybridized carbons (Fsp3) is 0.533. The molecule has 0 bridgehead atoms. The van der Waals surface area contributed by atoms with Gasteiger partial charge in [0.05, 0.1) is 0 Å². The van der Waals surface area contributed by atoms with E-state index < -0.39 is 5.92 Å². The van der Waals surface area contributed by atoms with Gasteiger partial charge in [-0.1, -0.05) is 15.9 Å². The zero-order valence-corrected chi connectivity index (χ0v) is 15.1. The van der Waals surface area contributed by atoms with Crippen molar-refractivity contribution in [1.29, 1.82) is 0 Å². The lowest BCUT2D eigenvalue weighted by atomic mass is 9.92. The fourth-order valence-corrected chi connectivity index (χ4v) is 3.71. The summed E-state index contributed by atoms with van der Waals surface area (Å²) in [6.07, 6.45) is 2.51. The molecule has 0 spiro atoms. The fourth-order valence-electron chi connectivity index (χ4n) is 2.57. The molecule has 124 valence electrons. The molecule has 0 aliphatic heterocycles. The highest BCUT2D eigenvalue weighted by Gasteiger charge is 2.35. The van der Waals surface area contributed by atoms with Crippen LogP contribution < -0.4 is 5.32 Å². The maximum absolute atomic E-state index is 13.3. The van der Waals surface area contributed by atoms with Gasteiger partial charge in [0.25, 0.3) is 0 Å². The first-order chi connectivity index (χ1) is 11.0. The normalized spacial score (nSPS) is 18.1. The predicted octanol–water partition coefficient (Wildman–Crippen LogP) is 4.79. The number of halogens is 3. The van der Waals surface area contributed by atoms with Crippen LogP contribution >= 0.6 is 27.3 Å². The molecule has 2 heterocycles. The quantitative estimate of drug-likeness (QED) is 0.746. The highest BCUT2D eigenvalue weighted by Crippen LogP contribution is 2.34. The molecule has 1 fully saturated rings. The standard InChI is InChI=1S/C15H17BrF2N4S/c1-9-8-23-14(20-9)13-19-7-10(6-16)12(22-13)21-11-2-4-15(17,18)5-3-11/h7-8,11H,2-6H2,1H3,(H,19,21,22). The van der Waals surface area contributed by atoms with Gasteiger partial charge in [-0.2, -0.15) is 0 Å². The lowest BCUT2D eigenvalue weighted by Gasteiger charge is -2.29. The van der Waals surface area contributed by atoms with E-state index in [1.165, 1.54) is 11.3 Å². The summed E-state index contributed by atoms with van der Waals surface area (Å²) < 4.78 is 26.6. The van der Waals surface area contributed by atoms with Gasteiger partial charge >= 0.3 is 0 Å². The van der Waals surface area contributed by atoms with Crippen molar-refractivity contribution in [1.82, 2.24) is 15.0 Å². The second-order valence-electron chi connectivity index (χ2n) is 5.77. The Bertz CT molecular complexity index is 682. The van der Waals surface area contributed by atoms with Gasteiger partial charge in [-0.25, -0.2) is 23.7 Å². The molecular weight excluding hydrogens is 386 g/mol. The largest absolute Gasteiger partial charge is 0.367 e. The van der Waals surface area contributed by atoms with Gasteiger partial charge in [0.1, 0.15) is 5.82 Å². The van der Waals surface area contributed by atoms with Gasteiger partial charge in [0.15, 0.2) is 10.8 Å². The molecular formula is C15H17BrF2N4S. The molecule has 1 aliphatic rings. The minimum atomic E-state index is -2.52. The number of aryl methyl sites for hydroxylation is 1. The van der Waals surface area contributed by atoms with Crippen LogP contribution in [0.25, 0.3) is 10.8 Å². The Balaban J connectivity index is 1.80. The number of hydrogen-bond donors (Lipinski definition) is 1. The van der Waals surface area contributed by atoms with Gasteiger partial charge in [0.2, 0.25) is 5.92 Å². The highest BCUT2D eigenvalue weighted by atomic mass is 79.9. The van der Waals surface area contributed by atoms with Crippen LogP contribution in [0.2, 0.25) is 0 Å². The number of thiazole rings is 1. The Kier molecular flexibility index (Phi) is 4.91. The summed E-state index contributed by atoms with van der Waals surface area (Å²) in [6.45, 7) is 1.92. The van der Waals surface area contributed by atoms with Crippen molar-refractivity contribution in [3.05, 3.63) is 22.8 Å². The molecule has 0 amide bonds. The summed E-state index contributed by atoms with van der Waals surface area (Å²) in [5.41, 5.74) is 1.85. The van der Waals surface area contributed by atoms with E-state index in [9.17, 15) is 8.78 Å². The molecule has 1 aliphatic carbocycles. The van der Waals surface area contributed by atoms with E-state index in [0.29, 0.717) is 29.8 Å². The highest BCUT2D eigenvalue weighted by molar-refractivity contribution is 9.08.